The monoisotopic (exact) mass is 220 g/mol. The number of aryl methyl sites for hydroxylation is 1. The number of hydrogen-bond acceptors (Lipinski definition) is 3. The zero-order valence-electron chi connectivity index (χ0n) is 10.0. The van der Waals surface area contributed by atoms with Crippen molar-refractivity contribution in [3.63, 3.8) is 0 Å². The molecule has 1 saturated heterocycles. The van der Waals surface area contributed by atoms with E-state index in [1.807, 2.05) is 6.07 Å². The summed E-state index contributed by atoms with van der Waals surface area (Å²) in [6.45, 7) is 8.24. The van der Waals surface area contributed by atoms with Crippen LogP contribution in [0.3, 0.4) is 0 Å². The molecule has 1 aromatic rings. The van der Waals surface area contributed by atoms with Gasteiger partial charge in [-0.3, -0.25) is 4.90 Å². The van der Waals surface area contributed by atoms with Gasteiger partial charge in [0.25, 0.3) is 0 Å². The molecule has 16 heavy (non-hydrogen) atoms. The van der Waals surface area contributed by atoms with Crippen LogP contribution in [0.1, 0.15) is 18.1 Å². The van der Waals surface area contributed by atoms with Gasteiger partial charge in [-0.25, -0.2) is 0 Å². The van der Waals surface area contributed by atoms with E-state index in [1.165, 1.54) is 5.56 Å². The Kier molecular flexibility index (Phi) is 3.46. The predicted molar refractivity (Wildman–Crippen MR) is 65.6 cm³/mol. The summed E-state index contributed by atoms with van der Waals surface area (Å²) in [6.07, 6.45) is 0. The summed E-state index contributed by atoms with van der Waals surface area (Å²) >= 11 is 0. The van der Waals surface area contributed by atoms with Gasteiger partial charge in [0.1, 0.15) is 5.75 Å². The molecule has 0 unspecified atom stereocenters. The maximum atomic E-state index is 9.79. The number of nitrogens with one attached hydrogen (secondary N) is 1. The van der Waals surface area contributed by atoms with E-state index in [1.54, 1.807) is 6.07 Å². The van der Waals surface area contributed by atoms with Gasteiger partial charge in [0.05, 0.1) is 0 Å². The van der Waals surface area contributed by atoms with Gasteiger partial charge in [-0.05, 0) is 19.9 Å². The molecule has 2 N–H and O–H groups in total. The highest BCUT2D eigenvalue weighted by Gasteiger charge is 2.16. The Labute approximate surface area is 97.1 Å². The van der Waals surface area contributed by atoms with Gasteiger partial charge in [-0.2, -0.15) is 0 Å². The van der Waals surface area contributed by atoms with E-state index in [0.29, 0.717) is 11.8 Å². The van der Waals surface area contributed by atoms with Crippen LogP contribution in [0.25, 0.3) is 0 Å². The third-order valence-electron chi connectivity index (χ3n) is 3.08. The minimum absolute atomic E-state index is 0.414. The molecule has 1 aliphatic heterocycles. The van der Waals surface area contributed by atoms with Crippen molar-refractivity contribution in [1.29, 1.82) is 0 Å². The van der Waals surface area contributed by atoms with Crippen LogP contribution in [0.4, 0.5) is 0 Å². The fraction of sp³-hybridized carbons (Fsp3) is 0.538. The quantitative estimate of drug-likeness (QED) is 0.792. The van der Waals surface area contributed by atoms with Crippen LogP contribution in [0, 0.1) is 6.92 Å². The number of aromatic hydroxyl groups is 1. The molecule has 88 valence electrons. The lowest BCUT2D eigenvalue weighted by molar-refractivity contribution is 0.198. The van der Waals surface area contributed by atoms with Gasteiger partial charge in [0.2, 0.25) is 0 Å². The molecule has 1 fully saturated rings. The van der Waals surface area contributed by atoms with Crippen LogP contribution in [0.5, 0.6) is 5.75 Å². The Bertz CT molecular complexity index is 365. The Balaban J connectivity index is 2.05. The Morgan fingerprint density at radius 3 is 3.06 bits per heavy atom. The topological polar surface area (TPSA) is 35.5 Å². The molecular formula is C13H20N2O. The lowest BCUT2D eigenvalue weighted by Gasteiger charge is -2.32. The molecular weight excluding hydrogens is 200 g/mol. The summed E-state index contributed by atoms with van der Waals surface area (Å²) in [7, 11) is 0. The first-order valence-electron chi connectivity index (χ1n) is 5.89. The Hall–Kier alpha value is -1.06. The highest BCUT2D eigenvalue weighted by atomic mass is 16.3. The molecule has 0 aliphatic carbocycles. The largest absolute Gasteiger partial charge is 0.508 e. The van der Waals surface area contributed by atoms with E-state index in [-0.39, 0.29) is 0 Å². The zero-order valence-corrected chi connectivity index (χ0v) is 10.0. The maximum absolute atomic E-state index is 9.79. The Morgan fingerprint density at radius 2 is 2.31 bits per heavy atom. The number of phenolic OH excluding ortho intramolecular Hbond substituents is 1. The fourth-order valence-electron chi connectivity index (χ4n) is 2.24. The zero-order chi connectivity index (χ0) is 11.5. The molecule has 0 bridgehead atoms. The molecule has 1 atom stereocenters. The van der Waals surface area contributed by atoms with Gasteiger partial charge in [-0.1, -0.05) is 17.7 Å². The molecule has 3 nitrogen and oxygen atoms in total. The van der Waals surface area contributed by atoms with Crippen LogP contribution in [0.15, 0.2) is 18.2 Å². The lowest BCUT2D eigenvalue weighted by Crippen LogP contribution is -2.48. The Morgan fingerprint density at radius 1 is 1.50 bits per heavy atom. The molecule has 1 aromatic carbocycles. The van der Waals surface area contributed by atoms with Crippen molar-refractivity contribution < 1.29 is 5.11 Å². The minimum Gasteiger partial charge on any atom is -0.508 e. The molecule has 3 heteroatoms. The first kappa shape index (κ1) is 11.4. The van der Waals surface area contributed by atoms with Crippen LogP contribution in [-0.4, -0.2) is 35.7 Å². The average Bonchev–Trinajstić information content (AvgIpc) is 2.24. The fourth-order valence-corrected chi connectivity index (χ4v) is 2.24. The second-order valence-corrected chi connectivity index (χ2v) is 4.72. The third-order valence-corrected chi connectivity index (χ3v) is 3.08. The molecule has 0 radical (unpaired) electrons. The highest BCUT2D eigenvalue weighted by Crippen LogP contribution is 2.20. The van der Waals surface area contributed by atoms with Gasteiger partial charge in [0, 0.05) is 37.8 Å². The van der Waals surface area contributed by atoms with E-state index in [2.05, 4.69) is 30.1 Å². The van der Waals surface area contributed by atoms with E-state index in [9.17, 15) is 5.11 Å². The number of rotatable bonds is 2. The van der Waals surface area contributed by atoms with Gasteiger partial charge in [0.15, 0.2) is 0 Å². The summed E-state index contributed by atoms with van der Waals surface area (Å²) < 4.78 is 0. The van der Waals surface area contributed by atoms with Crippen LogP contribution in [0.2, 0.25) is 0 Å². The summed E-state index contributed by atoms with van der Waals surface area (Å²) in [5.41, 5.74) is 2.24. The predicted octanol–water partition coefficient (Wildman–Crippen LogP) is 1.49. The first-order chi connectivity index (χ1) is 7.65. The SMILES string of the molecule is Cc1ccc(O)c(CN2CCN[C@H](C)C2)c1. The summed E-state index contributed by atoms with van der Waals surface area (Å²) in [5, 5.41) is 13.2. The van der Waals surface area contributed by atoms with Crippen molar-refractivity contribution in [3.8, 4) is 5.75 Å². The second kappa shape index (κ2) is 4.85. The number of piperazine rings is 1. The van der Waals surface area contributed by atoms with Crippen molar-refractivity contribution in [2.45, 2.75) is 26.4 Å². The van der Waals surface area contributed by atoms with E-state index in [0.717, 1.165) is 31.7 Å². The third kappa shape index (κ3) is 2.74. The van der Waals surface area contributed by atoms with Crippen LogP contribution >= 0.6 is 0 Å². The number of phenols is 1. The lowest BCUT2D eigenvalue weighted by atomic mass is 10.1. The number of benzene rings is 1. The first-order valence-corrected chi connectivity index (χ1v) is 5.89. The molecule has 0 amide bonds. The van der Waals surface area contributed by atoms with Gasteiger partial charge >= 0.3 is 0 Å². The van der Waals surface area contributed by atoms with Crippen molar-refractivity contribution >= 4 is 0 Å². The highest BCUT2D eigenvalue weighted by molar-refractivity contribution is 5.35. The van der Waals surface area contributed by atoms with Gasteiger partial charge in [-0.15, -0.1) is 0 Å². The van der Waals surface area contributed by atoms with Crippen LogP contribution in [-0.2, 0) is 6.54 Å². The number of nitrogens with zero attached hydrogens (tertiary/aromatic N) is 1. The van der Waals surface area contributed by atoms with E-state index >= 15 is 0 Å². The molecule has 1 aliphatic rings. The molecule has 1 heterocycles. The van der Waals surface area contributed by atoms with Crippen molar-refractivity contribution in [2.24, 2.45) is 0 Å². The van der Waals surface area contributed by atoms with Crippen molar-refractivity contribution in [2.75, 3.05) is 19.6 Å². The molecule has 2 rings (SSSR count). The number of hydrogen-bond donors (Lipinski definition) is 2. The summed E-state index contributed by atoms with van der Waals surface area (Å²) in [4.78, 5) is 2.38. The maximum Gasteiger partial charge on any atom is 0.120 e. The van der Waals surface area contributed by atoms with E-state index in [4.69, 9.17) is 0 Å². The smallest absolute Gasteiger partial charge is 0.120 e. The molecule has 0 saturated carbocycles. The standard InChI is InChI=1S/C13H20N2O/c1-10-3-4-13(16)12(7-10)9-15-6-5-14-11(2)8-15/h3-4,7,11,14,16H,5-6,8-9H2,1-2H3/t11-/m1/s1. The van der Waals surface area contributed by atoms with Crippen molar-refractivity contribution in [3.05, 3.63) is 29.3 Å². The summed E-state index contributed by atoms with van der Waals surface area (Å²) in [6, 6.07) is 6.35. The van der Waals surface area contributed by atoms with E-state index < -0.39 is 0 Å². The van der Waals surface area contributed by atoms with Crippen molar-refractivity contribution in [1.82, 2.24) is 10.2 Å². The normalized spacial score (nSPS) is 22.2. The van der Waals surface area contributed by atoms with Crippen LogP contribution < -0.4 is 5.32 Å². The van der Waals surface area contributed by atoms with Gasteiger partial charge < -0.3 is 10.4 Å². The second-order valence-electron chi connectivity index (χ2n) is 4.72. The molecule has 0 spiro atoms. The minimum atomic E-state index is 0.414. The summed E-state index contributed by atoms with van der Waals surface area (Å²) in [5.74, 6) is 0.414. The molecule has 0 aromatic heterocycles. The average molecular weight is 220 g/mol.